The van der Waals surface area contributed by atoms with Gasteiger partial charge in [-0.05, 0) is 29.9 Å². The van der Waals surface area contributed by atoms with Crippen LogP contribution in [0.4, 0.5) is 0 Å². The van der Waals surface area contributed by atoms with Crippen molar-refractivity contribution in [2.24, 2.45) is 5.10 Å². The van der Waals surface area contributed by atoms with E-state index in [4.69, 9.17) is 0 Å². The quantitative estimate of drug-likeness (QED) is 0.631. The molecule has 1 amide bonds. The van der Waals surface area contributed by atoms with Crippen molar-refractivity contribution in [3.8, 4) is 0 Å². The van der Waals surface area contributed by atoms with Crippen molar-refractivity contribution in [1.82, 2.24) is 5.43 Å². The van der Waals surface area contributed by atoms with Gasteiger partial charge in [-0.1, -0.05) is 49.7 Å². The molecule has 0 unspecified atom stereocenters. The number of hydrazone groups is 1. The van der Waals surface area contributed by atoms with Gasteiger partial charge in [-0.2, -0.15) is 5.10 Å². The lowest BCUT2D eigenvalue weighted by atomic mass is 10.1. The second kappa shape index (κ2) is 7.60. The molecule has 0 aliphatic carbocycles. The summed E-state index contributed by atoms with van der Waals surface area (Å²) in [6.45, 7) is 2.15. The number of carbonyl (C=O) groups excluding carboxylic acids is 1. The lowest BCUT2D eigenvalue weighted by molar-refractivity contribution is 0.0959. The monoisotopic (exact) mass is 286 g/mol. The second-order valence-electron chi connectivity index (χ2n) is 4.45. The summed E-state index contributed by atoms with van der Waals surface area (Å²) < 4.78 is 0. The van der Waals surface area contributed by atoms with Crippen molar-refractivity contribution < 1.29 is 4.79 Å². The van der Waals surface area contributed by atoms with Crippen LogP contribution in [0.25, 0.3) is 0 Å². The Morgan fingerprint density at radius 1 is 1.20 bits per heavy atom. The number of carbonyl (C=O) groups is 1. The maximum atomic E-state index is 11.9. The molecular weight excluding hydrogens is 268 g/mol. The summed E-state index contributed by atoms with van der Waals surface area (Å²) in [6.07, 6.45) is 3.03. The highest BCUT2D eigenvalue weighted by atomic mass is 32.1. The molecule has 1 N–H and O–H groups in total. The standard InChI is InChI=1S/C16H18N2OS/c1-2-3-10-14(13-8-5-4-6-9-13)17-18-16(19)15-11-7-12-20-15/h4-9,11-12H,2-3,10H2,1H3,(H,18,19)/b17-14-. The van der Waals surface area contributed by atoms with E-state index in [2.05, 4.69) is 17.5 Å². The smallest absolute Gasteiger partial charge is 0.266 e. The molecule has 2 aromatic rings. The first-order valence-corrected chi connectivity index (χ1v) is 7.65. The first kappa shape index (κ1) is 14.5. The lowest BCUT2D eigenvalue weighted by Crippen LogP contribution is -2.19. The van der Waals surface area contributed by atoms with Crippen LogP contribution in [-0.4, -0.2) is 11.6 Å². The molecule has 3 nitrogen and oxygen atoms in total. The highest BCUT2D eigenvalue weighted by Crippen LogP contribution is 2.10. The minimum absolute atomic E-state index is 0.148. The van der Waals surface area contributed by atoms with Crippen LogP contribution in [0.2, 0.25) is 0 Å². The van der Waals surface area contributed by atoms with Crippen LogP contribution in [0.15, 0.2) is 52.9 Å². The van der Waals surface area contributed by atoms with Gasteiger partial charge in [-0.25, -0.2) is 5.43 Å². The van der Waals surface area contributed by atoms with Gasteiger partial charge in [-0.3, -0.25) is 4.79 Å². The van der Waals surface area contributed by atoms with Crippen LogP contribution in [0.5, 0.6) is 0 Å². The van der Waals surface area contributed by atoms with Crippen molar-refractivity contribution >= 4 is 23.0 Å². The van der Waals surface area contributed by atoms with Gasteiger partial charge in [0, 0.05) is 0 Å². The zero-order valence-electron chi connectivity index (χ0n) is 11.5. The molecule has 0 saturated heterocycles. The molecule has 0 saturated carbocycles. The highest BCUT2D eigenvalue weighted by Gasteiger charge is 2.07. The van der Waals surface area contributed by atoms with E-state index >= 15 is 0 Å². The Morgan fingerprint density at radius 3 is 2.65 bits per heavy atom. The van der Waals surface area contributed by atoms with Crippen LogP contribution < -0.4 is 5.43 Å². The van der Waals surface area contributed by atoms with E-state index in [9.17, 15) is 4.79 Å². The third kappa shape index (κ3) is 4.03. The number of hydrogen-bond acceptors (Lipinski definition) is 3. The summed E-state index contributed by atoms with van der Waals surface area (Å²) in [4.78, 5) is 12.6. The summed E-state index contributed by atoms with van der Waals surface area (Å²) in [6, 6.07) is 13.6. The summed E-state index contributed by atoms with van der Waals surface area (Å²) in [5.74, 6) is -0.148. The topological polar surface area (TPSA) is 41.5 Å². The zero-order chi connectivity index (χ0) is 14.2. The summed E-state index contributed by atoms with van der Waals surface area (Å²) >= 11 is 1.42. The minimum atomic E-state index is -0.148. The van der Waals surface area contributed by atoms with Gasteiger partial charge in [0.2, 0.25) is 0 Å². The third-order valence-electron chi connectivity index (χ3n) is 2.91. The van der Waals surface area contributed by atoms with Crippen molar-refractivity contribution in [2.45, 2.75) is 26.2 Å². The van der Waals surface area contributed by atoms with Gasteiger partial charge in [-0.15, -0.1) is 11.3 Å². The second-order valence-corrected chi connectivity index (χ2v) is 5.39. The Hall–Kier alpha value is -1.94. The predicted octanol–water partition coefficient (Wildman–Crippen LogP) is 4.07. The van der Waals surface area contributed by atoms with Crippen LogP contribution in [0.3, 0.4) is 0 Å². The van der Waals surface area contributed by atoms with Gasteiger partial charge < -0.3 is 0 Å². The molecule has 1 heterocycles. The van der Waals surface area contributed by atoms with E-state index < -0.39 is 0 Å². The van der Waals surface area contributed by atoms with Gasteiger partial charge >= 0.3 is 0 Å². The number of amides is 1. The number of thiophene rings is 1. The fraction of sp³-hybridized carbons (Fsp3) is 0.250. The number of nitrogens with zero attached hydrogens (tertiary/aromatic N) is 1. The van der Waals surface area contributed by atoms with Gasteiger partial charge in [0.25, 0.3) is 5.91 Å². The molecule has 104 valence electrons. The number of benzene rings is 1. The number of rotatable bonds is 6. The van der Waals surface area contributed by atoms with Crippen molar-refractivity contribution in [3.05, 3.63) is 58.3 Å². The Kier molecular flexibility index (Phi) is 5.50. The molecule has 0 radical (unpaired) electrons. The summed E-state index contributed by atoms with van der Waals surface area (Å²) in [5.41, 5.74) is 4.64. The molecule has 0 atom stereocenters. The Bertz CT molecular complexity index is 561. The molecule has 2 rings (SSSR count). The molecule has 4 heteroatoms. The Balaban J connectivity index is 2.10. The SMILES string of the molecule is CCCC/C(=N/NC(=O)c1cccs1)c1ccccc1. The highest BCUT2D eigenvalue weighted by molar-refractivity contribution is 7.12. The van der Waals surface area contributed by atoms with Crippen LogP contribution in [0.1, 0.15) is 41.4 Å². The predicted molar refractivity (Wildman–Crippen MR) is 84.3 cm³/mol. The lowest BCUT2D eigenvalue weighted by Gasteiger charge is -2.06. The Morgan fingerprint density at radius 2 is 2.00 bits per heavy atom. The van der Waals surface area contributed by atoms with Crippen LogP contribution in [-0.2, 0) is 0 Å². The normalized spacial score (nSPS) is 11.3. The summed E-state index contributed by atoms with van der Waals surface area (Å²) in [5, 5.41) is 6.19. The fourth-order valence-corrected chi connectivity index (χ4v) is 2.43. The first-order valence-electron chi connectivity index (χ1n) is 6.77. The van der Waals surface area contributed by atoms with E-state index in [1.807, 2.05) is 41.8 Å². The maximum Gasteiger partial charge on any atom is 0.281 e. The number of nitrogens with one attached hydrogen (secondary N) is 1. The van der Waals surface area contributed by atoms with Crippen molar-refractivity contribution in [3.63, 3.8) is 0 Å². The maximum absolute atomic E-state index is 11.9. The first-order chi connectivity index (χ1) is 9.81. The summed E-state index contributed by atoms with van der Waals surface area (Å²) in [7, 11) is 0. The van der Waals surface area contributed by atoms with E-state index in [1.165, 1.54) is 11.3 Å². The molecule has 20 heavy (non-hydrogen) atoms. The zero-order valence-corrected chi connectivity index (χ0v) is 12.3. The minimum Gasteiger partial charge on any atom is -0.266 e. The number of unbranched alkanes of at least 4 members (excludes halogenated alkanes) is 1. The third-order valence-corrected chi connectivity index (χ3v) is 3.78. The van der Waals surface area contributed by atoms with Gasteiger partial charge in [0.15, 0.2) is 0 Å². The van der Waals surface area contributed by atoms with Gasteiger partial charge in [0.1, 0.15) is 0 Å². The molecule has 1 aromatic carbocycles. The average Bonchev–Trinajstić information content (AvgIpc) is 3.02. The molecule has 0 bridgehead atoms. The molecular formula is C16H18N2OS. The van der Waals surface area contributed by atoms with Crippen LogP contribution in [0, 0.1) is 0 Å². The van der Waals surface area contributed by atoms with Gasteiger partial charge in [0.05, 0.1) is 10.6 Å². The molecule has 0 aliphatic rings. The van der Waals surface area contributed by atoms with E-state index in [0.717, 1.165) is 30.5 Å². The fourth-order valence-electron chi connectivity index (χ4n) is 1.82. The van der Waals surface area contributed by atoms with Crippen molar-refractivity contribution in [2.75, 3.05) is 0 Å². The number of hydrogen-bond donors (Lipinski definition) is 1. The average molecular weight is 286 g/mol. The van der Waals surface area contributed by atoms with Crippen LogP contribution >= 0.6 is 11.3 Å². The van der Waals surface area contributed by atoms with E-state index in [0.29, 0.717) is 4.88 Å². The van der Waals surface area contributed by atoms with E-state index in [-0.39, 0.29) is 5.91 Å². The molecule has 0 spiro atoms. The molecule has 0 aliphatic heterocycles. The molecule has 1 aromatic heterocycles. The Labute approximate surface area is 123 Å². The van der Waals surface area contributed by atoms with E-state index in [1.54, 1.807) is 6.07 Å². The largest absolute Gasteiger partial charge is 0.281 e. The molecule has 0 fully saturated rings. The van der Waals surface area contributed by atoms with Crippen molar-refractivity contribution in [1.29, 1.82) is 0 Å².